The third kappa shape index (κ3) is 3.64. The van der Waals surface area contributed by atoms with Crippen LogP contribution in [-0.2, 0) is 11.2 Å². The molecule has 0 spiro atoms. The fourth-order valence-electron chi connectivity index (χ4n) is 1.79. The molecule has 0 aliphatic carbocycles. The van der Waals surface area contributed by atoms with E-state index in [0.717, 1.165) is 17.5 Å². The number of amides is 1. The topological polar surface area (TPSA) is 59.8 Å². The van der Waals surface area contributed by atoms with Gasteiger partial charge in [0.25, 0.3) is 0 Å². The quantitative estimate of drug-likeness (QED) is 0.884. The third-order valence-corrected chi connectivity index (χ3v) is 2.94. The van der Waals surface area contributed by atoms with E-state index in [2.05, 4.69) is 15.4 Å². The highest BCUT2D eigenvalue weighted by Gasteiger charge is 2.14. The lowest BCUT2D eigenvalue weighted by molar-refractivity contribution is -0.124. The fourth-order valence-corrected chi connectivity index (χ4v) is 1.79. The van der Waals surface area contributed by atoms with E-state index in [0.29, 0.717) is 6.54 Å². The SMILES string of the molecule is Cc1cnn(C(C)C(=O)NCCc2cccnc2)c1. The highest BCUT2D eigenvalue weighted by Crippen LogP contribution is 2.06. The largest absolute Gasteiger partial charge is 0.354 e. The van der Waals surface area contributed by atoms with E-state index >= 15 is 0 Å². The molecule has 5 nitrogen and oxygen atoms in total. The molecule has 2 aromatic rings. The molecular weight excluding hydrogens is 240 g/mol. The molecule has 1 N–H and O–H groups in total. The molecule has 1 unspecified atom stereocenters. The van der Waals surface area contributed by atoms with Crippen molar-refractivity contribution in [1.82, 2.24) is 20.1 Å². The van der Waals surface area contributed by atoms with Crippen molar-refractivity contribution in [2.45, 2.75) is 26.3 Å². The molecule has 2 rings (SSSR count). The van der Waals surface area contributed by atoms with E-state index in [-0.39, 0.29) is 11.9 Å². The molecule has 0 fully saturated rings. The second-order valence-electron chi connectivity index (χ2n) is 4.58. The molecule has 1 atom stereocenters. The summed E-state index contributed by atoms with van der Waals surface area (Å²) in [4.78, 5) is 16.0. The van der Waals surface area contributed by atoms with Crippen molar-refractivity contribution >= 4 is 5.91 Å². The van der Waals surface area contributed by atoms with Crippen molar-refractivity contribution in [2.24, 2.45) is 0 Å². The summed E-state index contributed by atoms with van der Waals surface area (Å²) in [6.45, 7) is 4.40. The number of nitrogens with zero attached hydrogens (tertiary/aromatic N) is 3. The van der Waals surface area contributed by atoms with Gasteiger partial charge in [-0.25, -0.2) is 0 Å². The first-order valence-electron chi connectivity index (χ1n) is 6.34. The van der Waals surface area contributed by atoms with Crippen LogP contribution in [0.1, 0.15) is 24.1 Å². The Bertz CT molecular complexity index is 535. The first-order chi connectivity index (χ1) is 9.16. The van der Waals surface area contributed by atoms with Crippen molar-refractivity contribution in [2.75, 3.05) is 6.54 Å². The van der Waals surface area contributed by atoms with Crippen LogP contribution in [0.4, 0.5) is 0 Å². The molecule has 0 bridgehead atoms. The lowest BCUT2D eigenvalue weighted by Gasteiger charge is -2.12. The first-order valence-corrected chi connectivity index (χ1v) is 6.34. The van der Waals surface area contributed by atoms with Crippen LogP contribution in [0, 0.1) is 6.92 Å². The second-order valence-corrected chi connectivity index (χ2v) is 4.58. The molecule has 100 valence electrons. The number of hydrogen-bond acceptors (Lipinski definition) is 3. The Kier molecular flexibility index (Phi) is 4.28. The first kappa shape index (κ1) is 13.3. The number of hydrogen-bond donors (Lipinski definition) is 1. The average Bonchev–Trinajstić information content (AvgIpc) is 2.85. The zero-order valence-corrected chi connectivity index (χ0v) is 11.2. The minimum atomic E-state index is -0.289. The third-order valence-electron chi connectivity index (χ3n) is 2.94. The molecule has 2 heterocycles. The maximum atomic E-state index is 12.0. The second kappa shape index (κ2) is 6.13. The maximum Gasteiger partial charge on any atom is 0.244 e. The normalized spacial score (nSPS) is 12.1. The number of rotatable bonds is 5. The Balaban J connectivity index is 1.81. The molecule has 0 saturated carbocycles. The lowest BCUT2D eigenvalue weighted by Crippen LogP contribution is -2.32. The van der Waals surface area contributed by atoms with E-state index in [1.807, 2.05) is 38.4 Å². The zero-order valence-electron chi connectivity index (χ0n) is 11.2. The Labute approximate surface area is 112 Å². The molecule has 0 aliphatic rings. The highest BCUT2D eigenvalue weighted by molar-refractivity contribution is 5.79. The van der Waals surface area contributed by atoms with Gasteiger partial charge in [0.15, 0.2) is 0 Å². The molecule has 0 aliphatic heterocycles. The number of carbonyl (C=O) groups is 1. The smallest absolute Gasteiger partial charge is 0.244 e. The Morgan fingerprint density at radius 1 is 1.47 bits per heavy atom. The molecule has 0 aromatic carbocycles. The van der Waals surface area contributed by atoms with Crippen molar-refractivity contribution < 1.29 is 4.79 Å². The van der Waals surface area contributed by atoms with E-state index < -0.39 is 0 Å². The van der Waals surface area contributed by atoms with Gasteiger partial charge in [-0.05, 0) is 37.5 Å². The standard InChI is InChI=1S/C14H18N4O/c1-11-8-17-18(10-11)12(2)14(19)16-7-5-13-4-3-6-15-9-13/h3-4,6,8-10,12H,5,7H2,1-2H3,(H,16,19). The molecule has 1 amide bonds. The number of nitrogens with one attached hydrogen (secondary N) is 1. The van der Waals surface area contributed by atoms with Crippen LogP contribution in [-0.4, -0.2) is 27.2 Å². The van der Waals surface area contributed by atoms with Gasteiger partial charge in [0.05, 0.1) is 6.20 Å². The highest BCUT2D eigenvalue weighted by atomic mass is 16.2. The van der Waals surface area contributed by atoms with Gasteiger partial charge in [0.1, 0.15) is 6.04 Å². The summed E-state index contributed by atoms with van der Waals surface area (Å²) < 4.78 is 1.68. The number of pyridine rings is 1. The van der Waals surface area contributed by atoms with Gasteiger partial charge in [-0.3, -0.25) is 14.5 Å². The maximum absolute atomic E-state index is 12.0. The molecule has 5 heteroatoms. The molecule has 19 heavy (non-hydrogen) atoms. The molecular formula is C14H18N4O. The number of carbonyl (C=O) groups excluding carboxylic acids is 1. The predicted molar refractivity (Wildman–Crippen MR) is 72.6 cm³/mol. The van der Waals surface area contributed by atoms with Crippen molar-refractivity contribution in [3.8, 4) is 0 Å². The summed E-state index contributed by atoms with van der Waals surface area (Å²) in [5.41, 5.74) is 2.17. The summed E-state index contributed by atoms with van der Waals surface area (Å²) in [5.74, 6) is -0.0213. The van der Waals surface area contributed by atoms with Crippen LogP contribution >= 0.6 is 0 Å². The van der Waals surface area contributed by atoms with Crippen molar-refractivity contribution in [1.29, 1.82) is 0 Å². The van der Waals surface area contributed by atoms with Gasteiger partial charge in [-0.1, -0.05) is 6.07 Å². The summed E-state index contributed by atoms with van der Waals surface area (Å²) in [6.07, 6.45) is 7.95. The van der Waals surface area contributed by atoms with Gasteiger partial charge < -0.3 is 5.32 Å². The molecule has 0 saturated heterocycles. The summed E-state index contributed by atoms with van der Waals surface area (Å²) >= 11 is 0. The Morgan fingerprint density at radius 2 is 2.32 bits per heavy atom. The minimum absolute atomic E-state index is 0.0213. The van der Waals surface area contributed by atoms with Gasteiger partial charge in [0, 0.05) is 25.1 Å². The fraction of sp³-hybridized carbons (Fsp3) is 0.357. The average molecular weight is 258 g/mol. The summed E-state index contributed by atoms with van der Waals surface area (Å²) in [7, 11) is 0. The van der Waals surface area contributed by atoms with Crippen LogP contribution in [0.2, 0.25) is 0 Å². The van der Waals surface area contributed by atoms with E-state index in [4.69, 9.17) is 0 Å². The Hall–Kier alpha value is -2.17. The zero-order chi connectivity index (χ0) is 13.7. The number of aromatic nitrogens is 3. The van der Waals surface area contributed by atoms with Crippen molar-refractivity contribution in [3.63, 3.8) is 0 Å². The summed E-state index contributed by atoms with van der Waals surface area (Å²) in [6, 6.07) is 3.61. The van der Waals surface area contributed by atoms with Crippen LogP contribution in [0.25, 0.3) is 0 Å². The van der Waals surface area contributed by atoms with Gasteiger partial charge >= 0.3 is 0 Å². The van der Waals surface area contributed by atoms with Crippen LogP contribution in [0.15, 0.2) is 36.9 Å². The van der Waals surface area contributed by atoms with Crippen LogP contribution < -0.4 is 5.32 Å². The molecule has 2 aromatic heterocycles. The Morgan fingerprint density at radius 3 is 2.95 bits per heavy atom. The van der Waals surface area contributed by atoms with E-state index in [1.54, 1.807) is 17.1 Å². The van der Waals surface area contributed by atoms with Crippen LogP contribution in [0.3, 0.4) is 0 Å². The van der Waals surface area contributed by atoms with Gasteiger partial charge in [-0.2, -0.15) is 5.10 Å². The van der Waals surface area contributed by atoms with Gasteiger partial charge in [0.2, 0.25) is 5.91 Å². The van der Waals surface area contributed by atoms with E-state index in [1.165, 1.54) is 0 Å². The number of aryl methyl sites for hydroxylation is 1. The lowest BCUT2D eigenvalue weighted by atomic mass is 10.2. The van der Waals surface area contributed by atoms with Crippen molar-refractivity contribution in [3.05, 3.63) is 48.0 Å². The van der Waals surface area contributed by atoms with Crippen LogP contribution in [0.5, 0.6) is 0 Å². The molecule has 0 radical (unpaired) electrons. The van der Waals surface area contributed by atoms with E-state index in [9.17, 15) is 4.79 Å². The summed E-state index contributed by atoms with van der Waals surface area (Å²) in [5, 5.41) is 7.06. The monoisotopic (exact) mass is 258 g/mol. The van der Waals surface area contributed by atoms with Gasteiger partial charge in [-0.15, -0.1) is 0 Å². The minimum Gasteiger partial charge on any atom is -0.354 e. The predicted octanol–water partition coefficient (Wildman–Crippen LogP) is 1.51.